The summed E-state index contributed by atoms with van der Waals surface area (Å²) in [5.74, 6) is 0.0148. The minimum Gasteiger partial charge on any atom is -0.495 e. The van der Waals surface area contributed by atoms with E-state index in [0.717, 1.165) is 17.5 Å². The third kappa shape index (κ3) is 5.69. The van der Waals surface area contributed by atoms with Gasteiger partial charge in [-0.3, -0.25) is 4.79 Å². The first-order valence-electron chi connectivity index (χ1n) is 10.1. The van der Waals surface area contributed by atoms with E-state index in [2.05, 4.69) is 15.9 Å². The Morgan fingerprint density at radius 1 is 1.03 bits per heavy atom. The quantitative estimate of drug-likeness (QED) is 0.354. The molecule has 0 radical (unpaired) electrons. The molecule has 0 aliphatic carbocycles. The number of hydrogen-bond acceptors (Lipinski definition) is 5. The van der Waals surface area contributed by atoms with Crippen molar-refractivity contribution in [3.05, 3.63) is 81.3 Å². The minimum absolute atomic E-state index is 0.0260. The standard InChI is InChI=1S/C24H23BrClNO5S/c1-4-17-7-11-22(20(25)13-17)32-15-24(28)27(18-8-12-23(31-3)21(26)14-18)33(29,30)19-9-5-16(2)6-10-19/h5-14H,4,15H2,1-3H3. The number of rotatable bonds is 8. The highest BCUT2D eigenvalue weighted by molar-refractivity contribution is 9.10. The van der Waals surface area contributed by atoms with Gasteiger partial charge >= 0.3 is 0 Å². The van der Waals surface area contributed by atoms with Crippen LogP contribution in [0.15, 0.2) is 70.0 Å². The van der Waals surface area contributed by atoms with Gasteiger partial charge in [-0.05, 0) is 77.3 Å². The lowest BCUT2D eigenvalue weighted by molar-refractivity contribution is -0.119. The number of aryl methyl sites for hydroxylation is 2. The van der Waals surface area contributed by atoms with Gasteiger partial charge in [0.25, 0.3) is 15.9 Å². The Morgan fingerprint density at radius 2 is 1.70 bits per heavy atom. The molecule has 3 rings (SSSR count). The van der Waals surface area contributed by atoms with E-state index < -0.39 is 22.5 Å². The van der Waals surface area contributed by atoms with E-state index in [1.807, 2.05) is 26.0 Å². The fourth-order valence-electron chi connectivity index (χ4n) is 3.09. The van der Waals surface area contributed by atoms with Gasteiger partial charge in [0.1, 0.15) is 11.5 Å². The van der Waals surface area contributed by atoms with Crippen molar-refractivity contribution >= 4 is 49.1 Å². The molecule has 0 aliphatic rings. The summed E-state index contributed by atoms with van der Waals surface area (Å²) in [6.45, 7) is 3.37. The van der Waals surface area contributed by atoms with Crippen LogP contribution >= 0.6 is 27.5 Å². The summed E-state index contributed by atoms with van der Waals surface area (Å²) in [7, 11) is -2.79. The van der Waals surface area contributed by atoms with Crippen LogP contribution in [0, 0.1) is 6.92 Å². The number of amides is 1. The molecule has 0 atom stereocenters. The molecule has 0 fully saturated rings. The molecule has 3 aromatic carbocycles. The average Bonchev–Trinajstić information content (AvgIpc) is 2.78. The number of anilines is 1. The number of sulfonamides is 1. The van der Waals surface area contributed by atoms with Crippen molar-refractivity contribution in [2.45, 2.75) is 25.2 Å². The van der Waals surface area contributed by atoms with E-state index in [0.29, 0.717) is 20.3 Å². The summed E-state index contributed by atoms with van der Waals surface area (Å²) in [5, 5.41) is 0.172. The van der Waals surface area contributed by atoms with E-state index in [1.54, 1.807) is 18.2 Å². The Bertz CT molecular complexity index is 1260. The maximum absolute atomic E-state index is 13.5. The van der Waals surface area contributed by atoms with Crippen molar-refractivity contribution in [3.63, 3.8) is 0 Å². The molecular weight excluding hydrogens is 530 g/mol. The second kappa shape index (κ2) is 10.6. The molecule has 0 saturated carbocycles. The van der Waals surface area contributed by atoms with E-state index in [1.165, 1.54) is 37.4 Å². The van der Waals surface area contributed by atoms with Crippen LogP contribution < -0.4 is 13.8 Å². The van der Waals surface area contributed by atoms with Gasteiger partial charge in [-0.1, -0.05) is 42.3 Å². The van der Waals surface area contributed by atoms with E-state index in [4.69, 9.17) is 21.1 Å². The van der Waals surface area contributed by atoms with Crippen LogP contribution in [0.3, 0.4) is 0 Å². The van der Waals surface area contributed by atoms with Crippen molar-refractivity contribution in [1.82, 2.24) is 0 Å². The first-order chi connectivity index (χ1) is 15.7. The SMILES string of the molecule is CCc1ccc(OCC(=O)N(c2ccc(OC)c(Cl)c2)S(=O)(=O)c2ccc(C)cc2)c(Br)c1. The first-order valence-corrected chi connectivity index (χ1v) is 12.7. The largest absolute Gasteiger partial charge is 0.495 e. The molecule has 33 heavy (non-hydrogen) atoms. The van der Waals surface area contributed by atoms with Crippen LogP contribution in [0.2, 0.25) is 5.02 Å². The molecular formula is C24H23BrClNO5S. The molecule has 9 heteroatoms. The molecule has 0 aliphatic heterocycles. The monoisotopic (exact) mass is 551 g/mol. The zero-order valence-electron chi connectivity index (χ0n) is 18.3. The highest BCUT2D eigenvalue weighted by Crippen LogP contribution is 2.33. The number of halogens is 2. The second-order valence-electron chi connectivity index (χ2n) is 7.20. The summed E-state index contributed by atoms with van der Waals surface area (Å²) < 4.78 is 39.2. The Morgan fingerprint density at radius 3 is 2.27 bits per heavy atom. The van der Waals surface area contributed by atoms with Gasteiger partial charge in [0, 0.05) is 0 Å². The smallest absolute Gasteiger partial charge is 0.278 e. The lowest BCUT2D eigenvalue weighted by Gasteiger charge is -2.23. The molecule has 0 bridgehead atoms. The van der Waals surface area contributed by atoms with Gasteiger partial charge in [0.2, 0.25) is 0 Å². The topological polar surface area (TPSA) is 72.9 Å². The number of carbonyl (C=O) groups is 1. The molecule has 0 spiro atoms. The predicted octanol–water partition coefficient (Wildman–Crippen LogP) is 5.78. The summed E-state index contributed by atoms with van der Waals surface area (Å²) in [6.07, 6.45) is 0.846. The van der Waals surface area contributed by atoms with Crippen LogP contribution in [0.25, 0.3) is 0 Å². The van der Waals surface area contributed by atoms with Crippen molar-refractivity contribution in [2.75, 3.05) is 18.0 Å². The Kier molecular flexibility index (Phi) is 8.05. The van der Waals surface area contributed by atoms with Crippen LogP contribution in [0.5, 0.6) is 11.5 Å². The van der Waals surface area contributed by atoms with Gasteiger partial charge in [-0.2, -0.15) is 4.31 Å². The number of hydrogen-bond donors (Lipinski definition) is 0. The normalized spacial score (nSPS) is 11.2. The Labute approximate surface area is 207 Å². The predicted molar refractivity (Wildman–Crippen MR) is 133 cm³/mol. The number of methoxy groups -OCH3 is 1. The van der Waals surface area contributed by atoms with Crippen molar-refractivity contribution in [1.29, 1.82) is 0 Å². The molecule has 0 saturated heterocycles. The maximum atomic E-state index is 13.5. The molecule has 0 heterocycles. The average molecular weight is 553 g/mol. The van der Waals surface area contributed by atoms with Gasteiger partial charge < -0.3 is 9.47 Å². The molecule has 1 amide bonds. The van der Waals surface area contributed by atoms with Gasteiger partial charge in [0.05, 0.1) is 27.2 Å². The summed E-state index contributed by atoms with van der Waals surface area (Å²) in [5.41, 5.74) is 2.07. The number of carbonyl (C=O) groups excluding carboxylic acids is 1. The fourth-order valence-corrected chi connectivity index (χ4v) is 5.29. The summed E-state index contributed by atoms with van der Waals surface area (Å²) in [4.78, 5) is 13.2. The van der Waals surface area contributed by atoms with Gasteiger partial charge in [-0.15, -0.1) is 0 Å². The van der Waals surface area contributed by atoms with Crippen molar-refractivity contribution in [3.8, 4) is 11.5 Å². The second-order valence-corrected chi connectivity index (χ2v) is 10.3. The van der Waals surface area contributed by atoms with Crippen molar-refractivity contribution < 1.29 is 22.7 Å². The van der Waals surface area contributed by atoms with Crippen LogP contribution in [-0.2, 0) is 21.2 Å². The highest BCUT2D eigenvalue weighted by atomic mass is 79.9. The highest BCUT2D eigenvalue weighted by Gasteiger charge is 2.32. The maximum Gasteiger partial charge on any atom is 0.278 e. The third-order valence-electron chi connectivity index (χ3n) is 4.91. The Balaban J connectivity index is 1.98. The minimum atomic E-state index is -4.24. The summed E-state index contributed by atoms with van der Waals surface area (Å²) >= 11 is 9.65. The molecule has 174 valence electrons. The van der Waals surface area contributed by atoms with Crippen LogP contribution in [0.4, 0.5) is 5.69 Å². The molecule has 3 aromatic rings. The van der Waals surface area contributed by atoms with Gasteiger partial charge in [-0.25, -0.2) is 8.42 Å². The first kappa shape index (κ1) is 25.1. The lowest BCUT2D eigenvalue weighted by Crippen LogP contribution is -2.40. The van der Waals surface area contributed by atoms with E-state index in [9.17, 15) is 13.2 Å². The van der Waals surface area contributed by atoms with Crippen molar-refractivity contribution in [2.24, 2.45) is 0 Å². The number of ether oxygens (including phenoxy) is 2. The fraction of sp³-hybridized carbons (Fsp3) is 0.208. The number of benzene rings is 3. The third-order valence-corrected chi connectivity index (χ3v) is 7.59. The van der Waals surface area contributed by atoms with Crippen LogP contribution in [0.1, 0.15) is 18.1 Å². The lowest BCUT2D eigenvalue weighted by atomic mass is 10.2. The van der Waals surface area contributed by atoms with Gasteiger partial charge in [0.15, 0.2) is 6.61 Å². The summed E-state index contributed by atoms with van der Waals surface area (Å²) in [6, 6.07) is 16.1. The number of nitrogens with zero attached hydrogens (tertiary/aromatic N) is 1. The molecule has 0 aromatic heterocycles. The molecule has 0 N–H and O–H groups in total. The molecule has 0 unspecified atom stereocenters. The van der Waals surface area contributed by atoms with E-state index >= 15 is 0 Å². The van der Waals surface area contributed by atoms with E-state index in [-0.39, 0.29) is 15.6 Å². The van der Waals surface area contributed by atoms with Crippen LogP contribution in [-0.4, -0.2) is 28.0 Å². The molecule has 6 nitrogen and oxygen atoms in total. The zero-order chi connectivity index (χ0) is 24.2. The Hall–Kier alpha value is -2.55. The zero-order valence-corrected chi connectivity index (χ0v) is 21.5.